The maximum Gasteiger partial charge on any atom is 0.123 e. The van der Waals surface area contributed by atoms with E-state index in [1.807, 2.05) is 0 Å². The molecule has 2 unspecified atom stereocenters. The van der Waals surface area contributed by atoms with Gasteiger partial charge in [0, 0.05) is 5.41 Å². The fourth-order valence-corrected chi connectivity index (χ4v) is 9.31. The molecule has 4 bridgehead atoms. The normalized spacial score (nSPS) is 33.1. The van der Waals surface area contributed by atoms with Gasteiger partial charge in [0.25, 0.3) is 0 Å². The first-order valence-electron chi connectivity index (χ1n) is 16.6. The predicted octanol–water partition coefficient (Wildman–Crippen LogP) is 8.20. The van der Waals surface area contributed by atoms with Gasteiger partial charge in [0.1, 0.15) is 36.9 Å². The summed E-state index contributed by atoms with van der Waals surface area (Å²) >= 11 is 0. The first-order chi connectivity index (χ1) is 19.8. The molecular weight excluding hydrogens is 520 g/mol. The van der Waals surface area contributed by atoms with Crippen LogP contribution in [0.15, 0.2) is 24.3 Å². The Balaban J connectivity index is 1.43. The van der Waals surface area contributed by atoms with Crippen LogP contribution in [-0.2, 0) is 25.7 Å². The second kappa shape index (κ2) is 9.99. The van der Waals surface area contributed by atoms with Gasteiger partial charge in [-0.1, -0.05) is 53.7 Å². The number of benzene rings is 2. The second-order valence-corrected chi connectivity index (χ2v) is 16.5. The number of aryl methyl sites for hydroxylation is 2. The van der Waals surface area contributed by atoms with Crippen molar-refractivity contribution in [2.45, 2.75) is 116 Å². The minimum Gasteiger partial charge on any atom is -0.490 e. The van der Waals surface area contributed by atoms with E-state index in [4.69, 9.17) is 18.9 Å². The molecular formula is C38H52O4. The number of ether oxygens (including phenoxy) is 4. The topological polar surface area (TPSA) is 43.5 Å². The highest BCUT2D eigenvalue weighted by Gasteiger charge is 2.59. The van der Waals surface area contributed by atoms with E-state index < -0.39 is 0 Å². The summed E-state index contributed by atoms with van der Waals surface area (Å²) in [7, 11) is 0. The van der Waals surface area contributed by atoms with Crippen molar-refractivity contribution in [2.24, 2.45) is 23.7 Å². The highest BCUT2D eigenvalue weighted by atomic mass is 16.6. The van der Waals surface area contributed by atoms with E-state index in [0.29, 0.717) is 25.0 Å². The first-order valence-corrected chi connectivity index (χ1v) is 16.6. The summed E-state index contributed by atoms with van der Waals surface area (Å²) in [6.45, 7) is 21.6. The molecule has 4 heteroatoms. The molecule has 0 radical (unpaired) electrons. The van der Waals surface area contributed by atoms with Gasteiger partial charge in [0.2, 0.25) is 0 Å². The molecule has 42 heavy (non-hydrogen) atoms. The third-order valence-corrected chi connectivity index (χ3v) is 11.2. The van der Waals surface area contributed by atoms with Crippen LogP contribution in [0.1, 0.15) is 107 Å². The Bertz CT molecular complexity index is 1240. The Morgan fingerprint density at radius 2 is 1.02 bits per heavy atom. The van der Waals surface area contributed by atoms with Crippen molar-refractivity contribution >= 4 is 0 Å². The molecule has 228 valence electrons. The zero-order valence-corrected chi connectivity index (χ0v) is 27.3. The highest BCUT2D eigenvalue weighted by molar-refractivity contribution is 5.58. The second-order valence-electron chi connectivity index (χ2n) is 16.5. The highest BCUT2D eigenvalue weighted by Crippen LogP contribution is 2.66. The molecule has 2 saturated heterocycles. The average molecular weight is 573 g/mol. The summed E-state index contributed by atoms with van der Waals surface area (Å²) in [5, 5.41) is 0. The summed E-state index contributed by atoms with van der Waals surface area (Å²) in [5.41, 5.74) is 8.49. The van der Waals surface area contributed by atoms with Gasteiger partial charge in [-0.25, -0.2) is 0 Å². The molecule has 0 spiro atoms. The van der Waals surface area contributed by atoms with Crippen LogP contribution in [0.5, 0.6) is 11.5 Å². The minimum absolute atomic E-state index is 0.0118. The molecule has 0 aromatic heterocycles. The van der Waals surface area contributed by atoms with Crippen molar-refractivity contribution in [1.82, 2.24) is 0 Å². The van der Waals surface area contributed by atoms with Crippen LogP contribution in [0.25, 0.3) is 0 Å². The molecule has 0 N–H and O–H groups in total. The van der Waals surface area contributed by atoms with E-state index in [1.165, 1.54) is 54.4 Å². The van der Waals surface area contributed by atoms with Crippen LogP contribution in [0, 0.1) is 37.5 Å². The van der Waals surface area contributed by atoms with E-state index in [-0.39, 0.29) is 28.5 Å². The molecule has 2 aliphatic heterocycles. The summed E-state index contributed by atoms with van der Waals surface area (Å²) < 4.78 is 23.9. The van der Waals surface area contributed by atoms with Gasteiger partial charge in [-0.05, 0) is 126 Å². The maximum atomic E-state index is 6.47. The Kier molecular flexibility index (Phi) is 6.83. The van der Waals surface area contributed by atoms with Crippen LogP contribution in [0.3, 0.4) is 0 Å². The van der Waals surface area contributed by atoms with Crippen LogP contribution in [0.4, 0.5) is 0 Å². The molecule has 2 aromatic carbocycles. The Hall–Kier alpha value is -2.04. The third kappa shape index (κ3) is 4.99. The maximum absolute atomic E-state index is 6.47. The van der Waals surface area contributed by atoms with Gasteiger partial charge in [-0.3, -0.25) is 0 Å². The van der Waals surface area contributed by atoms with Gasteiger partial charge < -0.3 is 18.9 Å². The predicted molar refractivity (Wildman–Crippen MR) is 168 cm³/mol. The molecule has 0 amide bonds. The van der Waals surface area contributed by atoms with Gasteiger partial charge in [0.05, 0.1) is 13.2 Å². The van der Waals surface area contributed by atoms with Crippen LogP contribution in [0.2, 0.25) is 0 Å². The molecule has 2 atom stereocenters. The largest absolute Gasteiger partial charge is 0.490 e. The van der Waals surface area contributed by atoms with Gasteiger partial charge >= 0.3 is 0 Å². The molecule has 4 saturated carbocycles. The van der Waals surface area contributed by atoms with Crippen LogP contribution in [-0.4, -0.2) is 38.6 Å². The minimum atomic E-state index is -0.0243. The number of epoxide rings is 2. The van der Waals surface area contributed by atoms with E-state index in [1.54, 1.807) is 11.1 Å². The molecule has 2 aromatic rings. The smallest absolute Gasteiger partial charge is 0.123 e. The van der Waals surface area contributed by atoms with Crippen LogP contribution >= 0.6 is 0 Å². The quantitative estimate of drug-likeness (QED) is 0.299. The number of hydrogen-bond acceptors (Lipinski definition) is 4. The van der Waals surface area contributed by atoms with Gasteiger partial charge in [0.15, 0.2) is 0 Å². The first kappa shape index (κ1) is 28.7. The number of hydrogen-bond donors (Lipinski definition) is 0. The lowest BCUT2D eigenvalue weighted by atomic mass is 9.41. The zero-order chi connectivity index (χ0) is 29.6. The molecule has 8 rings (SSSR count). The van der Waals surface area contributed by atoms with Crippen molar-refractivity contribution in [3.05, 3.63) is 57.6 Å². The molecule has 6 aliphatic rings. The van der Waals surface area contributed by atoms with Gasteiger partial charge in [-0.15, -0.1) is 0 Å². The van der Waals surface area contributed by atoms with Gasteiger partial charge in [-0.2, -0.15) is 0 Å². The van der Waals surface area contributed by atoms with E-state index in [0.717, 1.165) is 36.5 Å². The monoisotopic (exact) mass is 572 g/mol. The average Bonchev–Trinajstić information content (AvgIpc) is 3.81. The summed E-state index contributed by atoms with van der Waals surface area (Å²) in [5.74, 6) is 5.21. The Morgan fingerprint density at radius 1 is 0.643 bits per heavy atom. The molecule has 2 heterocycles. The third-order valence-electron chi connectivity index (χ3n) is 11.2. The van der Waals surface area contributed by atoms with Crippen molar-refractivity contribution in [1.29, 1.82) is 0 Å². The van der Waals surface area contributed by atoms with E-state index in [2.05, 4.69) is 79.7 Å². The summed E-state index contributed by atoms with van der Waals surface area (Å²) in [4.78, 5) is 0. The van der Waals surface area contributed by atoms with E-state index in [9.17, 15) is 0 Å². The fraction of sp³-hybridized carbons (Fsp3) is 0.684. The SMILES string of the molecule is Cc1cc(OCC2CO2)c(C(C)(C)C)cc1C1(c2cc(C(C)(C)C)c(OCC3CO3)cc2C)C2CC3CC(C2)CC1C3. The van der Waals surface area contributed by atoms with Crippen molar-refractivity contribution < 1.29 is 18.9 Å². The van der Waals surface area contributed by atoms with Crippen molar-refractivity contribution in [3.63, 3.8) is 0 Å². The lowest BCUT2D eigenvalue weighted by Gasteiger charge is -2.62. The lowest BCUT2D eigenvalue weighted by molar-refractivity contribution is -0.0424. The molecule has 6 fully saturated rings. The van der Waals surface area contributed by atoms with Crippen molar-refractivity contribution in [3.8, 4) is 11.5 Å². The van der Waals surface area contributed by atoms with Crippen LogP contribution < -0.4 is 9.47 Å². The van der Waals surface area contributed by atoms with Crippen molar-refractivity contribution in [2.75, 3.05) is 26.4 Å². The standard InChI is InChI=1S/C38H52O4/c1-22-9-34(41-20-28-18-39-28)32(36(3,4)5)16-30(22)38(26-12-24-11-25(14-26)15-27(38)13-24)31-17-33(37(6,7)8)35(10-23(31)2)42-21-29-19-40-29/h9-10,16-17,24-29H,11-15,18-21H2,1-8H3. The summed E-state index contributed by atoms with van der Waals surface area (Å²) in [6.07, 6.45) is 7.38. The molecule has 4 aliphatic carbocycles. The lowest BCUT2D eigenvalue weighted by Crippen LogP contribution is -2.56. The molecule has 4 nitrogen and oxygen atoms in total. The Labute approximate surface area is 253 Å². The fourth-order valence-electron chi connectivity index (χ4n) is 9.31. The summed E-state index contributed by atoms with van der Waals surface area (Å²) in [6, 6.07) is 9.92. The zero-order valence-electron chi connectivity index (χ0n) is 27.3. The number of rotatable bonds is 8. The van der Waals surface area contributed by atoms with E-state index >= 15 is 0 Å². The Morgan fingerprint density at radius 3 is 1.36 bits per heavy atom.